The van der Waals surface area contributed by atoms with Gasteiger partial charge in [0.25, 0.3) is 0 Å². The predicted octanol–water partition coefficient (Wildman–Crippen LogP) is -16.4. The highest BCUT2D eigenvalue weighted by Crippen LogP contribution is 2.40. The van der Waals surface area contributed by atoms with Crippen LogP contribution in [0.2, 0.25) is 0 Å². The maximum atomic E-state index is 13.2. The molecule has 8 aliphatic rings. The molecule has 0 aromatic heterocycles. The first-order chi connectivity index (χ1) is 44.9. The van der Waals surface area contributed by atoms with Crippen molar-refractivity contribution in [3.05, 3.63) is 0 Å². The molecule has 0 aliphatic carbocycles. The fourth-order valence-corrected chi connectivity index (χ4v) is 12.3. The number of hydrogen-bond acceptors (Lipinski definition) is 39. The van der Waals surface area contributed by atoms with E-state index < -0.39 is 303 Å². The van der Waals surface area contributed by atoms with Crippen LogP contribution in [-0.2, 0) is 85.4 Å². The number of rotatable bonds is 24. The number of ether oxygens (including phenoxy) is 15. The lowest BCUT2D eigenvalue weighted by atomic mass is 9.93. The Labute approximate surface area is 538 Å². The third kappa shape index (κ3) is 17.0. The summed E-state index contributed by atoms with van der Waals surface area (Å²) in [5.41, 5.74) is 0. The van der Waals surface area contributed by atoms with Crippen molar-refractivity contribution in [2.45, 2.75) is 267 Å². The van der Waals surface area contributed by atoms with E-state index in [0.717, 1.165) is 20.8 Å². The van der Waals surface area contributed by atoms with Gasteiger partial charge in [0.05, 0.1) is 52.4 Å². The van der Waals surface area contributed by atoms with E-state index in [0.29, 0.717) is 0 Å². The summed E-state index contributed by atoms with van der Waals surface area (Å²) in [6.45, 7) is -2.98. The zero-order valence-corrected chi connectivity index (χ0v) is 51.2. The van der Waals surface area contributed by atoms with Gasteiger partial charge in [-0.05, 0) is 6.92 Å². The van der Waals surface area contributed by atoms with Crippen LogP contribution in [0.4, 0.5) is 0 Å². The SMILES string of the molecule is CC(=O)N[C@H]1[C@H](O[C@H]2[C@H](O[C@@H]3O[C@@H](C)[C@@H](O)[C@@H](O)[C@@H]3O)[C@@H](NC(C)=O)C(O)O[C@@H]2CO)O[C@H](CO)[C@@H](O[C@@H]2O[C@H](CO[C@H]3O[C@H](CO)[C@@H](O)[C@H](O)[C@@H]3O)[C@@H](O)[C@H](O[C@H]3O[C@H](CO)[C@@H](O[C@@H]4O[C@H](CO)[C@@H](O)[C@H](O)[C@H]4NC(C)=O)[C@H](O)[C@@H]3O)[C@@H]2O[C@@H]2O[C@H](CO)[C@H](O)[C@H]2O)[C@@H]1O. The summed E-state index contributed by atoms with van der Waals surface area (Å²) in [4.78, 5) is 38.0. The molecule has 1 unspecified atom stereocenters. The summed E-state index contributed by atoms with van der Waals surface area (Å²) in [7, 11) is 0. The van der Waals surface area contributed by atoms with E-state index in [1.807, 2.05) is 0 Å². The quantitative estimate of drug-likeness (QED) is 0.0427. The van der Waals surface area contributed by atoms with Crippen LogP contribution in [0.25, 0.3) is 0 Å². The number of carbonyl (C=O) groups excluding carboxylic acids is 3. The Bertz CT molecular complexity index is 2440. The molecule has 8 rings (SSSR count). The summed E-state index contributed by atoms with van der Waals surface area (Å²) in [5.74, 6) is -2.56. The van der Waals surface area contributed by atoms with Gasteiger partial charge in [0.2, 0.25) is 17.7 Å². The normalized spacial score (nSPS) is 49.8. The molecule has 42 nitrogen and oxygen atoms in total. The standard InChI is InChI=1S/C53H89N3O39/c1-12-26(66)33(73)38(78)50(82-12)93-43-25(56-15(4)65)46(80)83-21(10-62)42(43)92-48-24(55-14(3)64)32(72)40(19(8-60)87-48)91-53-45(95-51-36(76)29(69)18(7-59)86-51)44(30(70)22(89-53)11-81-49-37(77)34(74)28(68)17(6-58)85-49)94-52-39(79)35(75)41(20(9-61)88-52)90-47-23(54-13(2)63)31(71)27(67)16(5-57)84-47/h12,16-53,57-62,66-80H,5-11H2,1-4H3,(H,54,63)(H,55,64)(H,56,65)/t12-,16+,17+,18+,19+,20+,21+,22+,23+,24+,25+,26+,27+,28+,29-,30+,31+,32+,33+,34-,35+,36+,37-,38-,39-,40+,41+,42+,43+,44-,45-,46?,47-,48-,49-,50-,51-,52+,53-/m0/s1. The van der Waals surface area contributed by atoms with Gasteiger partial charge in [-0.1, -0.05) is 0 Å². The maximum absolute atomic E-state index is 13.2. The van der Waals surface area contributed by atoms with E-state index in [4.69, 9.17) is 71.1 Å². The molecule has 8 aliphatic heterocycles. The summed E-state index contributed by atoms with van der Waals surface area (Å²) in [6.07, 6.45) is -71.3. The first kappa shape index (κ1) is 77.7. The lowest BCUT2D eigenvalue weighted by Gasteiger charge is -2.52. The van der Waals surface area contributed by atoms with Crippen LogP contribution >= 0.6 is 0 Å². The molecule has 0 saturated carbocycles. The van der Waals surface area contributed by atoms with E-state index in [1.165, 1.54) is 6.92 Å². The van der Waals surface area contributed by atoms with Gasteiger partial charge in [0.1, 0.15) is 183 Å². The van der Waals surface area contributed by atoms with Crippen LogP contribution in [0.15, 0.2) is 0 Å². The Morgan fingerprint density at radius 2 is 0.642 bits per heavy atom. The third-order valence-corrected chi connectivity index (χ3v) is 17.5. The first-order valence-electron chi connectivity index (χ1n) is 30.4. The second-order valence-corrected chi connectivity index (χ2v) is 24.1. The number of hydrogen-bond donors (Lipinski definition) is 24. The minimum absolute atomic E-state index is 0.794. The number of amides is 3. The van der Waals surface area contributed by atoms with E-state index in [2.05, 4.69) is 16.0 Å². The molecule has 42 heteroatoms. The maximum Gasteiger partial charge on any atom is 0.217 e. The van der Waals surface area contributed by atoms with Gasteiger partial charge in [0.15, 0.2) is 50.3 Å². The Balaban J connectivity index is 1.16. The van der Waals surface area contributed by atoms with Crippen LogP contribution in [-0.4, -0.2) is 411 Å². The average Bonchev–Trinajstić information content (AvgIpc) is 1.16. The van der Waals surface area contributed by atoms with Gasteiger partial charge in [-0.3, -0.25) is 14.4 Å². The predicted molar refractivity (Wildman–Crippen MR) is 292 cm³/mol. The minimum atomic E-state index is -2.41. The molecule has 0 aromatic rings. The Hall–Kier alpha value is -3.03. The minimum Gasteiger partial charge on any atom is -0.394 e. The Morgan fingerprint density at radius 1 is 0.295 bits per heavy atom. The summed E-state index contributed by atoms with van der Waals surface area (Å²) < 4.78 is 89.2. The molecule has 8 saturated heterocycles. The lowest BCUT2D eigenvalue weighted by molar-refractivity contribution is -0.402. The van der Waals surface area contributed by atoms with Gasteiger partial charge in [-0.15, -0.1) is 0 Å². The number of aliphatic hydroxyl groups excluding tert-OH is 21. The molecule has 0 bridgehead atoms. The lowest BCUT2D eigenvalue weighted by Crippen LogP contribution is -2.71. The number of nitrogens with one attached hydrogen (secondary N) is 3. The van der Waals surface area contributed by atoms with Crippen LogP contribution in [0.5, 0.6) is 0 Å². The number of aliphatic hydroxyl groups is 21. The Kier molecular flexibility index (Phi) is 27.5. The van der Waals surface area contributed by atoms with Crippen molar-refractivity contribution in [2.24, 2.45) is 0 Å². The molecule has 39 atom stereocenters. The fraction of sp³-hybridized carbons (Fsp3) is 0.943. The zero-order chi connectivity index (χ0) is 69.9. The van der Waals surface area contributed by atoms with Crippen LogP contribution < -0.4 is 16.0 Å². The van der Waals surface area contributed by atoms with E-state index in [1.54, 1.807) is 0 Å². The highest BCUT2D eigenvalue weighted by Gasteiger charge is 2.61. The van der Waals surface area contributed by atoms with Crippen molar-refractivity contribution in [2.75, 3.05) is 46.2 Å². The van der Waals surface area contributed by atoms with Crippen molar-refractivity contribution in [3.8, 4) is 0 Å². The van der Waals surface area contributed by atoms with Crippen LogP contribution in [0, 0.1) is 0 Å². The smallest absolute Gasteiger partial charge is 0.217 e. The Morgan fingerprint density at radius 3 is 1.19 bits per heavy atom. The highest BCUT2D eigenvalue weighted by atomic mass is 16.8. The second kappa shape index (κ2) is 33.6. The summed E-state index contributed by atoms with van der Waals surface area (Å²) in [6, 6.07) is -5.32. The average molecular weight is 1390 g/mol. The van der Waals surface area contributed by atoms with E-state index >= 15 is 0 Å². The molecule has 0 aromatic carbocycles. The fourth-order valence-electron chi connectivity index (χ4n) is 12.3. The molecular weight excluding hydrogens is 1300 g/mol. The van der Waals surface area contributed by atoms with Crippen molar-refractivity contribution >= 4 is 17.7 Å². The molecule has 3 amide bonds. The van der Waals surface area contributed by atoms with E-state index in [-0.39, 0.29) is 0 Å². The second-order valence-electron chi connectivity index (χ2n) is 24.1. The van der Waals surface area contributed by atoms with Crippen molar-refractivity contribution in [1.82, 2.24) is 16.0 Å². The van der Waals surface area contributed by atoms with E-state index in [9.17, 15) is 122 Å². The third-order valence-electron chi connectivity index (χ3n) is 17.5. The molecule has 24 N–H and O–H groups in total. The highest BCUT2D eigenvalue weighted by molar-refractivity contribution is 5.74. The van der Waals surface area contributed by atoms with Crippen LogP contribution in [0.1, 0.15) is 27.7 Å². The molecular formula is C53H89N3O39. The van der Waals surface area contributed by atoms with Crippen molar-refractivity contribution in [3.63, 3.8) is 0 Å². The largest absolute Gasteiger partial charge is 0.394 e. The van der Waals surface area contributed by atoms with Gasteiger partial charge in [-0.25, -0.2) is 0 Å². The molecule has 0 radical (unpaired) electrons. The molecule has 550 valence electrons. The van der Waals surface area contributed by atoms with Gasteiger partial charge < -0.3 is 194 Å². The zero-order valence-electron chi connectivity index (χ0n) is 51.2. The topological polar surface area (TPSA) is 651 Å². The summed E-state index contributed by atoms with van der Waals surface area (Å²) in [5, 5.41) is 238. The molecule has 95 heavy (non-hydrogen) atoms. The van der Waals surface area contributed by atoms with Crippen molar-refractivity contribution < 1.29 is 193 Å². The monoisotopic (exact) mass is 1390 g/mol. The molecule has 8 fully saturated rings. The molecule has 0 spiro atoms. The van der Waals surface area contributed by atoms with Gasteiger partial charge in [-0.2, -0.15) is 0 Å². The number of carbonyl (C=O) groups is 3. The molecule has 8 heterocycles. The van der Waals surface area contributed by atoms with Gasteiger partial charge in [0, 0.05) is 20.8 Å². The summed E-state index contributed by atoms with van der Waals surface area (Å²) >= 11 is 0. The van der Waals surface area contributed by atoms with Crippen LogP contribution in [0.3, 0.4) is 0 Å². The van der Waals surface area contributed by atoms with Crippen molar-refractivity contribution in [1.29, 1.82) is 0 Å². The first-order valence-corrected chi connectivity index (χ1v) is 30.4. The van der Waals surface area contributed by atoms with Gasteiger partial charge >= 0.3 is 0 Å².